The number of aliphatic hydroxyl groups is 1. The lowest BCUT2D eigenvalue weighted by molar-refractivity contribution is -0.124. The van der Waals surface area contributed by atoms with Gasteiger partial charge in [-0.1, -0.05) is 27.7 Å². The lowest BCUT2D eigenvalue weighted by atomic mass is 9.94. The van der Waals surface area contributed by atoms with Crippen molar-refractivity contribution in [2.45, 2.75) is 40.7 Å². The van der Waals surface area contributed by atoms with Gasteiger partial charge >= 0.3 is 0 Å². The zero-order valence-electron chi connectivity index (χ0n) is 17.5. The minimum Gasteiger partial charge on any atom is -0.505 e. The van der Waals surface area contributed by atoms with Gasteiger partial charge in [-0.3, -0.25) is 9.59 Å². The van der Waals surface area contributed by atoms with Crippen molar-refractivity contribution in [2.24, 2.45) is 0 Å². The molecule has 0 heterocycles. The number of hydrogen-bond acceptors (Lipinski definition) is 7. The number of carbonyl (C=O) groups is 2. The smallest absolute Gasteiger partial charge is 0.257 e. The molecule has 1 aliphatic carbocycles. The molecule has 0 aliphatic heterocycles. The van der Waals surface area contributed by atoms with Crippen molar-refractivity contribution >= 4 is 17.4 Å². The molecule has 8 heteroatoms. The van der Waals surface area contributed by atoms with Crippen LogP contribution in [0.15, 0.2) is 23.5 Å². The summed E-state index contributed by atoms with van der Waals surface area (Å²) in [5, 5.41) is 34.7. The van der Waals surface area contributed by atoms with Crippen LogP contribution < -0.4 is 10.6 Å². The van der Waals surface area contributed by atoms with Gasteiger partial charge in [0.2, 0.25) is 5.78 Å². The monoisotopic (exact) mass is 390 g/mol. The van der Waals surface area contributed by atoms with Crippen molar-refractivity contribution in [3.63, 3.8) is 0 Å². The van der Waals surface area contributed by atoms with Gasteiger partial charge in [0.1, 0.15) is 5.70 Å². The van der Waals surface area contributed by atoms with E-state index in [-0.39, 0.29) is 28.3 Å². The molecule has 0 saturated heterocycles. The molecule has 4 N–H and O–H groups in total. The molecule has 1 aromatic rings. The first-order chi connectivity index (χ1) is 13.3. The second-order valence-electron chi connectivity index (χ2n) is 5.44. The van der Waals surface area contributed by atoms with E-state index in [2.05, 4.69) is 10.6 Å². The third kappa shape index (κ3) is 5.24. The highest BCUT2D eigenvalue weighted by atomic mass is 16.3. The lowest BCUT2D eigenvalue weighted by Gasteiger charge is -2.29. The number of amides is 1. The molecule has 2 rings (SSSR count). The number of hydrogen-bond donors (Lipinski definition) is 4. The number of likely N-dealkylation sites (N-methyl/N-ethyl adjacent to an activating group) is 1. The van der Waals surface area contributed by atoms with Crippen LogP contribution in [0, 0.1) is 11.3 Å². The van der Waals surface area contributed by atoms with Gasteiger partial charge in [0.05, 0.1) is 28.6 Å². The van der Waals surface area contributed by atoms with Gasteiger partial charge in [-0.2, -0.15) is 5.26 Å². The van der Waals surface area contributed by atoms with E-state index in [1.807, 2.05) is 40.7 Å². The van der Waals surface area contributed by atoms with E-state index in [0.29, 0.717) is 12.2 Å². The Morgan fingerprint density at radius 2 is 1.82 bits per heavy atom. The molecule has 1 atom stereocenters. The molecular formula is C20H30N4O4. The quantitative estimate of drug-likeness (QED) is 0.568. The average molecular weight is 390 g/mol. The van der Waals surface area contributed by atoms with Gasteiger partial charge in [-0.05, 0) is 19.1 Å². The van der Waals surface area contributed by atoms with Crippen molar-refractivity contribution < 1.29 is 19.8 Å². The number of ketones is 1. The fraction of sp³-hybridized carbons (Fsp3) is 0.450. The predicted octanol–water partition coefficient (Wildman–Crippen LogP) is 2.19. The molecule has 0 aromatic heterocycles. The molecule has 0 fully saturated rings. The van der Waals surface area contributed by atoms with Crippen LogP contribution >= 0.6 is 0 Å². The summed E-state index contributed by atoms with van der Waals surface area (Å²) < 4.78 is 0. The van der Waals surface area contributed by atoms with Crippen molar-refractivity contribution in [2.75, 3.05) is 26.0 Å². The Bertz CT molecular complexity index is 779. The van der Waals surface area contributed by atoms with Gasteiger partial charge in [0.15, 0.2) is 11.9 Å². The number of aliphatic hydroxyl groups excluding tert-OH is 1. The molecule has 1 unspecified atom stereocenters. The Morgan fingerprint density at radius 1 is 1.25 bits per heavy atom. The minimum absolute atomic E-state index is 0.0462. The summed E-state index contributed by atoms with van der Waals surface area (Å²) in [6.45, 7) is 10.3. The fourth-order valence-corrected chi connectivity index (χ4v) is 2.30. The summed E-state index contributed by atoms with van der Waals surface area (Å²) in [6, 6.07) is 4.51. The second kappa shape index (κ2) is 11.6. The molecule has 0 bridgehead atoms. The van der Waals surface area contributed by atoms with Crippen LogP contribution in [0.2, 0.25) is 0 Å². The number of nitrogens with one attached hydrogen (secondary N) is 2. The maximum Gasteiger partial charge on any atom is 0.257 e. The molecule has 0 spiro atoms. The maximum absolute atomic E-state index is 12.1. The first-order valence-corrected chi connectivity index (χ1v) is 9.27. The van der Waals surface area contributed by atoms with Crippen LogP contribution in [0.5, 0.6) is 5.75 Å². The van der Waals surface area contributed by atoms with E-state index in [0.717, 1.165) is 0 Å². The van der Waals surface area contributed by atoms with Crippen LogP contribution in [0.3, 0.4) is 0 Å². The summed E-state index contributed by atoms with van der Waals surface area (Å²) >= 11 is 0. The number of benzene rings is 1. The molecule has 1 aliphatic rings. The summed E-state index contributed by atoms with van der Waals surface area (Å²) in [7, 11) is 3.04. The Labute approximate surface area is 166 Å². The summed E-state index contributed by atoms with van der Waals surface area (Å²) in [4.78, 5) is 25.2. The van der Waals surface area contributed by atoms with E-state index in [1.54, 1.807) is 0 Å². The zero-order chi connectivity index (χ0) is 22.0. The molecule has 28 heavy (non-hydrogen) atoms. The van der Waals surface area contributed by atoms with E-state index in [1.165, 1.54) is 31.1 Å². The Kier molecular flexibility index (Phi) is 10.4. The predicted molar refractivity (Wildman–Crippen MR) is 109 cm³/mol. The van der Waals surface area contributed by atoms with E-state index in [9.17, 15) is 19.8 Å². The maximum atomic E-state index is 12.1. The molecule has 0 radical (unpaired) electrons. The molecular weight excluding hydrogens is 360 g/mol. The lowest BCUT2D eigenvalue weighted by Crippen LogP contribution is -2.45. The zero-order valence-corrected chi connectivity index (χ0v) is 17.5. The summed E-state index contributed by atoms with van der Waals surface area (Å²) in [5.74, 6) is -1.38. The van der Waals surface area contributed by atoms with Crippen LogP contribution in [0.25, 0.3) is 0 Å². The number of aromatic hydroxyl groups is 1. The highest BCUT2D eigenvalue weighted by molar-refractivity contribution is 6.11. The number of phenols is 1. The van der Waals surface area contributed by atoms with Crippen molar-refractivity contribution in [3.8, 4) is 11.8 Å². The van der Waals surface area contributed by atoms with Gasteiger partial charge in [-0.25, -0.2) is 0 Å². The standard InChI is InChI=1S/C16H18N4O4.2C2H6/c1-4-18-11-12(15(23)14(11)22)19-10-6-8(7-17)5-9(13(10)21)16(24)20(2)3;2*1-2/h5-6,14,18-19,21-22H,4H2,1-3H3;2*1-2H3. The van der Waals surface area contributed by atoms with Gasteiger partial charge in [0.25, 0.3) is 5.91 Å². The van der Waals surface area contributed by atoms with E-state index < -0.39 is 17.8 Å². The topological polar surface area (TPSA) is 126 Å². The Balaban J connectivity index is 0.00000171. The molecule has 1 amide bonds. The first kappa shape index (κ1) is 24.9. The van der Waals surface area contributed by atoms with Crippen molar-refractivity contribution in [1.29, 1.82) is 5.26 Å². The summed E-state index contributed by atoms with van der Waals surface area (Å²) in [5.41, 5.74) is 0.547. The molecule has 1 aromatic carbocycles. The Morgan fingerprint density at radius 3 is 2.29 bits per heavy atom. The van der Waals surface area contributed by atoms with Crippen LogP contribution in [-0.4, -0.2) is 53.5 Å². The third-order valence-corrected chi connectivity index (χ3v) is 3.54. The SMILES string of the molecule is CC.CC.CCNC1=C(Nc2cc(C#N)cc(C(=O)N(C)C)c2O)C(=O)C1O. The second-order valence-corrected chi connectivity index (χ2v) is 5.44. The van der Waals surface area contributed by atoms with Crippen LogP contribution in [-0.2, 0) is 4.79 Å². The normalized spacial score (nSPS) is 14.4. The number of anilines is 1. The first-order valence-electron chi connectivity index (χ1n) is 9.27. The highest BCUT2D eigenvalue weighted by Crippen LogP contribution is 2.34. The average Bonchev–Trinajstić information content (AvgIpc) is 2.73. The van der Waals surface area contributed by atoms with Gasteiger partial charge in [-0.15, -0.1) is 0 Å². The number of nitrogens with zero attached hydrogens (tertiary/aromatic N) is 2. The minimum atomic E-state index is -1.24. The van der Waals surface area contributed by atoms with Crippen LogP contribution in [0.4, 0.5) is 5.69 Å². The summed E-state index contributed by atoms with van der Waals surface area (Å²) in [6.07, 6.45) is -1.24. The molecule has 0 saturated carbocycles. The largest absolute Gasteiger partial charge is 0.505 e. The van der Waals surface area contributed by atoms with Crippen molar-refractivity contribution in [3.05, 3.63) is 34.7 Å². The van der Waals surface area contributed by atoms with Crippen LogP contribution in [0.1, 0.15) is 50.5 Å². The number of Topliss-reactive ketones (excluding diaryl/α,β-unsaturated/α-hetero) is 1. The molecule has 8 nitrogen and oxygen atoms in total. The number of rotatable bonds is 5. The highest BCUT2D eigenvalue weighted by Gasteiger charge is 2.38. The van der Waals surface area contributed by atoms with E-state index in [4.69, 9.17) is 5.26 Å². The Hall–Kier alpha value is -3.05. The van der Waals surface area contributed by atoms with Gasteiger partial charge in [0, 0.05) is 20.6 Å². The number of phenolic OH excluding ortho intramolecular Hbond substituents is 1. The van der Waals surface area contributed by atoms with Crippen molar-refractivity contribution in [1.82, 2.24) is 10.2 Å². The van der Waals surface area contributed by atoms with Gasteiger partial charge < -0.3 is 25.7 Å². The third-order valence-electron chi connectivity index (χ3n) is 3.54. The number of nitriles is 1. The fourth-order valence-electron chi connectivity index (χ4n) is 2.30. The number of carbonyl (C=O) groups excluding carboxylic acids is 2. The van der Waals surface area contributed by atoms with E-state index >= 15 is 0 Å². The molecule has 154 valence electrons.